The van der Waals surface area contributed by atoms with Crippen molar-refractivity contribution in [2.75, 3.05) is 27.2 Å². The number of para-hydroxylation sites is 2. The zero-order chi connectivity index (χ0) is 24.5. The van der Waals surface area contributed by atoms with Gasteiger partial charge in [-0.05, 0) is 51.2 Å². The van der Waals surface area contributed by atoms with E-state index in [-0.39, 0.29) is 17.5 Å². The first-order valence-electron chi connectivity index (χ1n) is 12.5. The van der Waals surface area contributed by atoms with Gasteiger partial charge in [0, 0.05) is 19.5 Å². The summed E-state index contributed by atoms with van der Waals surface area (Å²) >= 11 is 0. The Labute approximate surface area is 203 Å². The van der Waals surface area contributed by atoms with E-state index in [9.17, 15) is 9.59 Å². The highest BCUT2D eigenvalue weighted by molar-refractivity contribution is 5.79. The van der Waals surface area contributed by atoms with Crippen molar-refractivity contribution in [3.05, 3.63) is 70.8 Å². The number of aromatic nitrogens is 2. The van der Waals surface area contributed by atoms with Crippen molar-refractivity contribution in [2.45, 2.75) is 58.4 Å². The Hall–Kier alpha value is -2.99. The van der Waals surface area contributed by atoms with Crippen molar-refractivity contribution >= 4 is 16.8 Å². The quantitative estimate of drug-likeness (QED) is 0.347. The molecule has 2 aromatic carbocycles. The maximum absolute atomic E-state index is 13.7. The smallest absolute Gasteiger partial charge is 0.266 e. The number of benzene rings is 2. The summed E-state index contributed by atoms with van der Waals surface area (Å²) in [7, 11) is 4.03. The Morgan fingerprint density at radius 2 is 1.65 bits per heavy atom. The molecule has 1 heterocycles. The molecule has 0 saturated heterocycles. The highest BCUT2D eigenvalue weighted by atomic mass is 16.2. The van der Waals surface area contributed by atoms with E-state index in [1.807, 2.05) is 73.6 Å². The summed E-state index contributed by atoms with van der Waals surface area (Å²) in [5, 5.41) is 0.579. The van der Waals surface area contributed by atoms with Crippen LogP contribution in [0.5, 0.6) is 0 Å². The average Bonchev–Trinajstić information content (AvgIpc) is 2.84. The zero-order valence-corrected chi connectivity index (χ0v) is 21.0. The standard InChI is InChI=1S/C28H38N4O2/c1-5-7-8-12-19-26(33)31(21-20-30(3)4)25(6-2)27-29-24-18-14-13-17-23(24)28(34)32(27)22-15-10-9-11-16-22/h9-11,13-18,25H,5-8,12,19-21H2,1-4H3. The highest BCUT2D eigenvalue weighted by Crippen LogP contribution is 2.27. The molecule has 3 aromatic rings. The second-order valence-corrected chi connectivity index (χ2v) is 9.09. The minimum Gasteiger partial charge on any atom is -0.331 e. The Kier molecular flexibility index (Phi) is 9.40. The van der Waals surface area contributed by atoms with Gasteiger partial charge in [-0.25, -0.2) is 4.98 Å². The van der Waals surface area contributed by atoms with Gasteiger partial charge < -0.3 is 9.80 Å². The van der Waals surface area contributed by atoms with E-state index in [4.69, 9.17) is 4.98 Å². The van der Waals surface area contributed by atoms with E-state index >= 15 is 0 Å². The Morgan fingerprint density at radius 3 is 2.32 bits per heavy atom. The van der Waals surface area contributed by atoms with Crippen LogP contribution in [0.15, 0.2) is 59.4 Å². The summed E-state index contributed by atoms with van der Waals surface area (Å²) in [5.74, 6) is 0.755. The van der Waals surface area contributed by atoms with E-state index in [1.165, 1.54) is 0 Å². The molecule has 34 heavy (non-hydrogen) atoms. The zero-order valence-electron chi connectivity index (χ0n) is 21.0. The number of hydrogen-bond donors (Lipinski definition) is 0. The molecule has 6 nitrogen and oxygen atoms in total. The maximum Gasteiger partial charge on any atom is 0.266 e. The van der Waals surface area contributed by atoms with Crippen molar-refractivity contribution in [1.29, 1.82) is 0 Å². The molecule has 1 aromatic heterocycles. The summed E-state index contributed by atoms with van der Waals surface area (Å²) in [5.41, 5.74) is 1.33. The first-order valence-corrected chi connectivity index (χ1v) is 12.5. The largest absolute Gasteiger partial charge is 0.331 e. The normalized spacial score (nSPS) is 12.3. The SMILES string of the molecule is CCCCCCC(=O)N(CCN(C)C)C(CC)c1nc2ccccc2c(=O)n1-c1ccccc1. The van der Waals surface area contributed by atoms with Crippen LogP contribution >= 0.6 is 0 Å². The Balaban J connectivity index is 2.11. The van der Waals surface area contributed by atoms with E-state index in [0.29, 0.717) is 36.1 Å². The molecule has 3 rings (SSSR count). The molecule has 1 atom stereocenters. The topological polar surface area (TPSA) is 58.4 Å². The third-order valence-corrected chi connectivity index (χ3v) is 6.23. The third kappa shape index (κ3) is 6.11. The minimum absolute atomic E-state index is 0.104. The van der Waals surface area contributed by atoms with Gasteiger partial charge in [-0.3, -0.25) is 14.2 Å². The van der Waals surface area contributed by atoms with Crippen molar-refractivity contribution in [3.8, 4) is 5.69 Å². The molecule has 0 aliphatic rings. The molecule has 182 valence electrons. The lowest BCUT2D eigenvalue weighted by molar-refractivity contribution is -0.134. The number of carbonyl (C=O) groups excluding carboxylic acids is 1. The van der Waals surface area contributed by atoms with Gasteiger partial charge in [-0.15, -0.1) is 0 Å². The van der Waals surface area contributed by atoms with Crippen molar-refractivity contribution < 1.29 is 4.79 Å². The minimum atomic E-state index is -0.295. The number of fused-ring (bicyclic) bond motifs is 1. The fraction of sp³-hybridized carbons (Fsp3) is 0.464. The van der Waals surface area contributed by atoms with Gasteiger partial charge in [-0.1, -0.05) is 63.4 Å². The van der Waals surface area contributed by atoms with Gasteiger partial charge in [-0.2, -0.15) is 0 Å². The lowest BCUT2D eigenvalue weighted by atomic mass is 10.1. The second kappa shape index (κ2) is 12.5. The van der Waals surface area contributed by atoms with Crippen molar-refractivity contribution in [2.24, 2.45) is 0 Å². The predicted molar refractivity (Wildman–Crippen MR) is 139 cm³/mol. The van der Waals surface area contributed by atoms with Crippen LogP contribution in [-0.2, 0) is 4.79 Å². The number of likely N-dealkylation sites (N-methyl/N-ethyl adjacent to an activating group) is 1. The third-order valence-electron chi connectivity index (χ3n) is 6.23. The lowest BCUT2D eigenvalue weighted by Crippen LogP contribution is -2.41. The molecule has 0 aliphatic carbocycles. The van der Waals surface area contributed by atoms with Crippen LogP contribution in [0.2, 0.25) is 0 Å². The monoisotopic (exact) mass is 462 g/mol. The van der Waals surface area contributed by atoms with Crippen LogP contribution in [0.1, 0.15) is 64.2 Å². The van der Waals surface area contributed by atoms with Crippen molar-refractivity contribution in [1.82, 2.24) is 19.4 Å². The number of rotatable bonds is 12. The first kappa shape index (κ1) is 25.6. The van der Waals surface area contributed by atoms with Gasteiger partial charge in [0.25, 0.3) is 5.56 Å². The van der Waals surface area contributed by atoms with Gasteiger partial charge in [0.2, 0.25) is 5.91 Å². The molecule has 0 spiro atoms. The highest BCUT2D eigenvalue weighted by Gasteiger charge is 2.28. The molecule has 0 fully saturated rings. The number of nitrogens with zero attached hydrogens (tertiary/aromatic N) is 4. The number of amides is 1. The molecule has 6 heteroatoms. The molecule has 0 bridgehead atoms. The molecule has 0 aliphatic heterocycles. The Bertz CT molecular complexity index is 1120. The molecule has 0 radical (unpaired) electrons. The molecule has 1 unspecified atom stereocenters. The number of hydrogen-bond acceptors (Lipinski definition) is 4. The molecule has 1 amide bonds. The van der Waals surface area contributed by atoms with Crippen molar-refractivity contribution in [3.63, 3.8) is 0 Å². The molecular formula is C28H38N4O2. The van der Waals surface area contributed by atoms with E-state index in [1.54, 1.807) is 4.57 Å². The van der Waals surface area contributed by atoms with Crippen LogP contribution < -0.4 is 5.56 Å². The van der Waals surface area contributed by atoms with E-state index in [2.05, 4.69) is 18.7 Å². The summed E-state index contributed by atoms with van der Waals surface area (Å²) in [6.07, 6.45) is 5.42. The first-order chi connectivity index (χ1) is 16.5. The van der Waals surface area contributed by atoms with Crippen LogP contribution in [0.4, 0.5) is 0 Å². The van der Waals surface area contributed by atoms with Crippen LogP contribution in [-0.4, -0.2) is 52.4 Å². The Morgan fingerprint density at radius 1 is 0.941 bits per heavy atom. The van der Waals surface area contributed by atoms with Crippen LogP contribution in [0.25, 0.3) is 16.6 Å². The summed E-state index contributed by atoms with van der Waals surface area (Å²) in [6.45, 7) is 5.58. The predicted octanol–water partition coefficient (Wildman–Crippen LogP) is 5.20. The van der Waals surface area contributed by atoms with Gasteiger partial charge in [0.1, 0.15) is 5.82 Å². The fourth-order valence-corrected chi connectivity index (χ4v) is 4.35. The maximum atomic E-state index is 13.7. The lowest BCUT2D eigenvalue weighted by Gasteiger charge is -2.33. The average molecular weight is 463 g/mol. The molecule has 0 saturated carbocycles. The summed E-state index contributed by atoms with van der Waals surface area (Å²) < 4.78 is 1.70. The van der Waals surface area contributed by atoms with Gasteiger partial charge in [0.05, 0.1) is 22.6 Å². The fourth-order valence-electron chi connectivity index (χ4n) is 4.35. The van der Waals surface area contributed by atoms with E-state index < -0.39 is 0 Å². The summed E-state index contributed by atoms with van der Waals surface area (Å²) in [4.78, 5) is 36.2. The van der Waals surface area contributed by atoms with E-state index in [0.717, 1.165) is 37.9 Å². The summed E-state index contributed by atoms with van der Waals surface area (Å²) in [6, 6.07) is 16.8. The van der Waals surface area contributed by atoms with Crippen LogP contribution in [0.3, 0.4) is 0 Å². The van der Waals surface area contributed by atoms with Gasteiger partial charge in [0.15, 0.2) is 0 Å². The molecule has 0 N–H and O–H groups in total. The van der Waals surface area contributed by atoms with Crippen LogP contribution in [0, 0.1) is 0 Å². The second-order valence-electron chi connectivity index (χ2n) is 9.09. The van der Waals surface area contributed by atoms with Gasteiger partial charge >= 0.3 is 0 Å². The number of carbonyl (C=O) groups is 1. The number of unbranched alkanes of at least 4 members (excludes halogenated alkanes) is 3. The molecular weight excluding hydrogens is 424 g/mol.